The summed E-state index contributed by atoms with van der Waals surface area (Å²) in [5, 5.41) is 9.63. The molecule has 0 aliphatic carbocycles. The third kappa shape index (κ3) is 2.56. The van der Waals surface area contributed by atoms with Crippen molar-refractivity contribution in [2.45, 2.75) is 19.8 Å². The summed E-state index contributed by atoms with van der Waals surface area (Å²) in [6.07, 6.45) is 1.99. The summed E-state index contributed by atoms with van der Waals surface area (Å²) in [5.74, 6) is 0.491. The Kier molecular flexibility index (Phi) is 3.01. The lowest BCUT2D eigenvalue weighted by molar-refractivity contribution is -0.120. The quantitative estimate of drug-likeness (QED) is 0.760. The van der Waals surface area contributed by atoms with Crippen LogP contribution in [0.2, 0.25) is 0 Å². The lowest BCUT2D eigenvalue weighted by Gasteiger charge is -2.20. The highest BCUT2D eigenvalue weighted by atomic mass is 16.5. The molecule has 2 rings (SSSR count). The summed E-state index contributed by atoms with van der Waals surface area (Å²) >= 11 is 0. The van der Waals surface area contributed by atoms with Crippen molar-refractivity contribution >= 4 is 11.8 Å². The molecule has 1 amide bonds. The van der Waals surface area contributed by atoms with Crippen LogP contribution in [-0.2, 0) is 4.79 Å². The normalized spacial score (nSPS) is 21.3. The molecule has 1 aromatic heterocycles. The van der Waals surface area contributed by atoms with E-state index >= 15 is 0 Å². The number of rotatable bonds is 2. The second-order valence-corrected chi connectivity index (χ2v) is 3.87. The Bertz CT molecular complexity index is 342. The number of amides is 1. The molecule has 0 saturated carbocycles. The van der Waals surface area contributed by atoms with Crippen LogP contribution in [0.5, 0.6) is 0 Å². The third-order valence-corrected chi connectivity index (χ3v) is 2.54. The van der Waals surface area contributed by atoms with Crippen molar-refractivity contribution < 1.29 is 9.32 Å². The highest BCUT2D eigenvalue weighted by molar-refractivity contribution is 5.91. The minimum absolute atomic E-state index is 0.0124. The zero-order valence-electron chi connectivity index (χ0n) is 8.75. The van der Waals surface area contributed by atoms with Crippen LogP contribution in [0.15, 0.2) is 10.6 Å². The van der Waals surface area contributed by atoms with E-state index in [0.717, 1.165) is 31.6 Å². The van der Waals surface area contributed by atoms with Gasteiger partial charge < -0.3 is 9.84 Å². The molecule has 0 radical (unpaired) electrons. The van der Waals surface area contributed by atoms with Gasteiger partial charge in [-0.25, -0.2) is 0 Å². The summed E-state index contributed by atoms with van der Waals surface area (Å²) in [7, 11) is 0. The second kappa shape index (κ2) is 4.44. The molecule has 0 aromatic carbocycles. The number of aromatic nitrogens is 1. The molecule has 0 bridgehead atoms. The van der Waals surface area contributed by atoms with E-state index in [4.69, 9.17) is 4.52 Å². The molecule has 1 saturated heterocycles. The molecule has 1 unspecified atom stereocenters. The summed E-state index contributed by atoms with van der Waals surface area (Å²) in [5.41, 5.74) is 0.770. The van der Waals surface area contributed by atoms with Crippen molar-refractivity contribution in [1.82, 2.24) is 10.5 Å². The van der Waals surface area contributed by atoms with Gasteiger partial charge in [-0.2, -0.15) is 0 Å². The zero-order chi connectivity index (χ0) is 10.7. The number of aryl methyl sites for hydroxylation is 1. The van der Waals surface area contributed by atoms with E-state index in [1.54, 1.807) is 6.07 Å². The minimum Gasteiger partial charge on any atom is -0.338 e. The Morgan fingerprint density at radius 1 is 1.73 bits per heavy atom. The van der Waals surface area contributed by atoms with E-state index in [9.17, 15) is 4.79 Å². The van der Waals surface area contributed by atoms with Crippen LogP contribution in [0.4, 0.5) is 5.88 Å². The Morgan fingerprint density at radius 2 is 2.60 bits per heavy atom. The first-order chi connectivity index (χ1) is 7.25. The van der Waals surface area contributed by atoms with Gasteiger partial charge in [0.25, 0.3) is 0 Å². The van der Waals surface area contributed by atoms with Crippen LogP contribution in [0.1, 0.15) is 18.5 Å². The molecule has 1 fully saturated rings. The lowest BCUT2D eigenvalue weighted by atomic mass is 9.99. The summed E-state index contributed by atoms with van der Waals surface area (Å²) < 4.78 is 4.92. The highest BCUT2D eigenvalue weighted by Gasteiger charge is 2.21. The lowest BCUT2D eigenvalue weighted by Crippen LogP contribution is -2.37. The zero-order valence-corrected chi connectivity index (χ0v) is 8.75. The standard InChI is InChI=1S/C10H15N3O2/c1-7-5-9(15-13-7)12-10(14)8-3-2-4-11-6-8/h5,8,11H,2-4,6H2,1H3,(H,12,14). The van der Waals surface area contributed by atoms with Crippen molar-refractivity contribution in [3.05, 3.63) is 11.8 Å². The van der Waals surface area contributed by atoms with Gasteiger partial charge in [0.1, 0.15) is 0 Å². The SMILES string of the molecule is Cc1cc(NC(=O)C2CCCNC2)on1. The van der Waals surface area contributed by atoms with E-state index in [-0.39, 0.29) is 11.8 Å². The number of carbonyl (C=O) groups excluding carboxylic acids is 1. The van der Waals surface area contributed by atoms with Crippen LogP contribution in [0.3, 0.4) is 0 Å². The number of hydrogen-bond acceptors (Lipinski definition) is 4. The van der Waals surface area contributed by atoms with E-state index in [1.165, 1.54) is 0 Å². The first kappa shape index (κ1) is 10.2. The van der Waals surface area contributed by atoms with E-state index in [2.05, 4.69) is 15.8 Å². The minimum atomic E-state index is 0.0124. The average Bonchev–Trinajstić information content (AvgIpc) is 2.65. The van der Waals surface area contributed by atoms with Crippen molar-refractivity contribution in [2.24, 2.45) is 5.92 Å². The topological polar surface area (TPSA) is 67.2 Å². The first-order valence-electron chi connectivity index (χ1n) is 5.20. The van der Waals surface area contributed by atoms with E-state index in [0.29, 0.717) is 5.88 Å². The van der Waals surface area contributed by atoms with Crippen molar-refractivity contribution in [1.29, 1.82) is 0 Å². The van der Waals surface area contributed by atoms with Crippen LogP contribution in [0.25, 0.3) is 0 Å². The van der Waals surface area contributed by atoms with Crippen molar-refractivity contribution in [2.75, 3.05) is 18.4 Å². The van der Waals surface area contributed by atoms with Gasteiger partial charge in [-0.1, -0.05) is 5.16 Å². The van der Waals surface area contributed by atoms with Gasteiger partial charge in [-0.15, -0.1) is 0 Å². The van der Waals surface area contributed by atoms with Gasteiger partial charge in [-0.3, -0.25) is 10.1 Å². The molecule has 15 heavy (non-hydrogen) atoms. The summed E-state index contributed by atoms with van der Waals surface area (Å²) in [6, 6.07) is 1.72. The molecule has 1 aromatic rings. The maximum absolute atomic E-state index is 11.7. The first-order valence-corrected chi connectivity index (χ1v) is 5.20. The molecule has 82 valence electrons. The summed E-state index contributed by atoms with van der Waals surface area (Å²) in [4.78, 5) is 11.7. The summed E-state index contributed by atoms with van der Waals surface area (Å²) in [6.45, 7) is 3.57. The number of nitrogens with one attached hydrogen (secondary N) is 2. The number of hydrogen-bond donors (Lipinski definition) is 2. The number of carbonyl (C=O) groups is 1. The smallest absolute Gasteiger partial charge is 0.231 e. The fourth-order valence-corrected chi connectivity index (χ4v) is 1.72. The Balaban J connectivity index is 1.91. The van der Waals surface area contributed by atoms with Crippen molar-refractivity contribution in [3.8, 4) is 0 Å². The molecular formula is C10H15N3O2. The monoisotopic (exact) mass is 209 g/mol. The van der Waals surface area contributed by atoms with Gasteiger partial charge in [-0.05, 0) is 26.3 Å². The second-order valence-electron chi connectivity index (χ2n) is 3.87. The molecule has 5 nitrogen and oxygen atoms in total. The fraction of sp³-hybridized carbons (Fsp3) is 0.600. The third-order valence-electron chi connectivity index (χ3n) is 2.54. The molecule has 2 heterocycles. The highest BCUT2D eigenvalue weighted by Crippen LogP contribution is 2.14. The number of piperidine rings is 1. The van der Waals surface area contributed by atoms with Gasteiger partial charge in [0.2, 0.25) is 11.8 Å². The van der Waals surface area contributed by atoms with Crippen LogP contribution in [0, 0.1) is 12.8 Å². The predicted molar refractivity (Wildman–Crippen MR) is 55.5 cm³/mol. The molecule has 1 aliphatic heterocycles. The van der Waals surface area contributed by atoms with Gasteiger partial charge in [0.15, 0.2) is 0 Å². The van der Waals surface area contributed by atoms with E-state index < -0.39 is 0 Å². The van der Waals surface area contributed by atoms with Gasteiger partial charge >= 0.3 is 0 Å². The number of anilines is 1. The molecular weight excluding hydrogens is 194 g/mol. The fourth-order valence-electron chi connectivity index (χ4n) is 1.72. The molecule has 0 spiro atoms. The molecule has 2 N–H and O–H groups in total. The maximum Gasteiger partial charge on any atom is 0.231 e. The predicted octanol–water partition coefficient (Wildman–Crippen LogP) is 0.921. The maximum atomic E-state index is 11.7. The van der Waals surface area contributed by atoms with E-state index in [1.807, 2.05) is 6.92 Å². The Morgan fingerprint density at radius 3 is 3.20 bits per heavy atom. The Labute approximate surface area is 88.2 Å². The van der Waals surface area contributed by atoms with Crippen molar-refractivity contribution in [3.63, 3.8) is 0 Å². The molecule has 1 aliphatic rings. The van der Waals surface area contributed by atoms with Gasteiger partial charge in [0, 0.05) is 12.6 Å². The Hall–Kier alpha value is -1.36. The molecule has 5 heteroatoms. The molecule has 1 atom stereocenters. The number of nitrogens with zero attached hydrogens (tertiary/aromatic N) is 1. The van der Waals surface area contributed by atoms with Crippen LogP contribution < -0.4 is 10.6 Å². The average molecular weight is 209 g/mol. The van der Waals surface area contributed by atoms with Crippen LogP contribution in [-0.4, -0.2) is 24.2 Å². The van der Waals surface area contributed by atoms with Gasteiger partial charge in [0.05, 0.1) is 11.6 Å². The van der Waals surface area contributed by atoms with Crippen LogP contribution >= 0.6 is 0 Å². The largest absolute Gasteiger partial charge is 0.338 e.